The molecule has 46 heavy (non-hydrogen) atoms. The highest BCUT2D eigenvalue weighted by molar-refractivity contribution is 6.04. The molecule has 1 saturated heterocycles. The summed E-state index contributed by atoms with van der Waals surface area (Å²) in [5.41, 5.74) is 4.35. The number of aromatic nitrogens is 3. The molecular weight excluding hydrogens is 600 g/mol. The van der Waals surface area contributed by atoms with Gasteiger partial charge in [0.25, 0.3) is 11.5 Å². The quantitative estimate of drug-likeness (QED) is 0.251. The molecule has 4 aromatic rings. The maximum atomic E-state index is 15.2. The average molecular weight is 632 g/mol. The van der Waals surface area contributed by atoms with Crippen molar-refractivity contribution in [2.45, 2.75) is 19.9 Å². The topological polar surface area (TPSA) is 154 Å². The number of nitrogens with two attached hydrogens (primary N) is 1. The molecule has 12 nitrogen and oxygen atoms in total. The lowest BCUT2D eigenvalue weighted by Crippen LogP contribution is -2.45. The Labute approximate surface area is 261 Å². The zero-order valence-corrected chi connectivity index (χ0v) is 25.0. The Hall–Kier alpha value is -5.63. The van der Waals surface area contributed by atoms with Crippen LogP contribution in [0.15, 0.2) is 76.6 Å². The van der Waals surface area contributed by atoms with Gasteiger partial charge in [-0.05, 0) is 62.4 Å². The molecule has 14 heteroatoms. The van der Waals surface area contributed by atoms with Gasteiger partial charge in [-0.1, -0.05) is 0 Å². The van der Waals surface area contributed by atoms with Gasteiger partial charge >= 0.3 is 5.69 Å². The lowest BCUT2D eigenvalue weighted by Gasteiger charge is -2.26. The van der Waals surface area contributed by atoms with Crippen LogP contribution in [0.1, 0.15) is 35.8 Å². The van der Waals surface area contributed by atoms with Crippen molar-refractivity contribution in [3.8, 4) is 17.2 Å². The fraction of sp³-hybridized carbons (Fsp3) is 0.219. The number of ether oxygens (including phenoxy) is 1. The summed E-state index contributed by atoms with van der Waals surface area (Å²) in [6.45, 7) is 5.90. The highest BCUT2D eigenvalue weighted by atomic mass is 19.1. The van der Waals surface area contributed by atoms with Gasteiger partial charge in [-0.15, -0.1) is 0 Å². The third-order valence-corrected chi connectivity index (χ3v) is 7.21. The Morgan fingerprint density at radius 2 is 1.76 bits per heavy atom. The molecule has 0 spiro atoms. The number of hydrogen-bond donors (Lipinski definition) is 3. The van der Waals surface area contributed by atoms with Crippen LogP contribution in [-0.2, 0) is 4.79 Å². The van der Waals surface area contributed by atoms with E-state index in [-0.39, 0.29) is 40.2 Å². The van der Waals surface area contributed by atoms with Gasteiger partial charge in [-0.25, -0.2) is 23.1 Å². The molecule has 1 aliphatic rings. The molecule has 0 atom stereocenters. The van der Waals surface area contributed by atoms with Gasteiger partial charge in [-0.3, -0.25) is 19.0 Å². The number of hydrogen-bond acceptors (Lipinski definition) is 8. The predicted molar refractivity (Wildman–Crippen MR) is 168 cm³/mol. The Morgan fingerprint density at radius 1 is 1.04 bits per heavy atom. The first-order valence-electron chi connectivity index (χ1n) is 14.4. The lowest BCUT2D eigenvalue weighted by molar-refractivity contribution is -0.126. The van der Waals surface area contributed by atoms with Crippen molar-refractivity contribution < 1.29 is 23.1 Å². The van der Waals surface area contributed by atoms with Gasteiger partial charge in [-0.2, -0.15) is 0 Å². The van der Waals surface area contributed by atoms with Gasteiger partial charge in [0, 0.05) is 62.4 Å². The minimum Gasteiger partial charge on any atom is -0.453 e. The standard InChI is InChI=1S/C32H31F2N7O5/c1-19(2)40-18-24(31(44)41(32(40)45)22-6-3-20(33)4-7-22)30(43)38-21-5-9-27(25(34)17-21)46-26-11-12-37-29(35)23(26)8-10-28(42)39-15-13-36-14-16-39/h3-12,17-19,36H,13-16H2,1-2H3,(H2,35,37)(H,38,43). The summed E-state index contributed by atoms with van der Waals surface area (Å²) >= 11 is 0. The maximum absolute atomic E-state index is 15.2. The van der Waals surface area contributed by atoms with Gasteiger partial charge < -0.3 is 26.0 Å². The minimum atomic E-state index is -0.933. The van der Waals surface area contributed by atoms with Crippen molar-refractivity contribution in [1.29, 1.82) is 0 Å². The van der Waals surface area contributed by atoms with E-state index < -0.39 is 40.4 Å². The summed E-state index contributed by atoms with van der Waals surface area (Å²) in [4.78, 5) is 57.9. The fourth-order valence-corrected chi connectivity index (χ4v) is 4.77. The molecule has 0 unspecified atom stereocenters. The summed E-state index contributed by atoms with van der Waals surface area (Å²) in [5, 5.41) is 5.65. The number of nitrogens with zero attached hydrogens (tertiary/aromatic N) is 4. The number of carbonyl (C=O) groups excluding carboxylic acids is 2. The summed E-state index contributed by atoms with van der Waals surface area (Å²) in [7, 11) is 0. The van der Waals surface area contributed by atoms with Crippen LogP contribution in [-0.4, -0.2) is 57.0 Å². The Balaban J connectivity index is 1.38. The number of amides is 2. The van der Waals surface area contributed by atoms with Crippen LogP contribution in [0.25, 0.3) is 11.8 Å². The lowest BCUT2D eigenvalue weighted by atomic mass is 10.2. The molecule has 0 aliphatic carbocycles. The molecule has 2 aromatic heterocycles. The molecule has 5 rings (SSSR count). The Morgan fingerprint density at radius 3 is 2.43 bits per heavy atom. The van der Waals surface area contributed by atoms with Crippen LogP contribution in [0.2, 0.25) is 0 Å². The van der Waals surface area contributed by atoms with Crippen LogP contribution >= 0.6 is 0 Å². The second kappa shape index (κ2) is 13.6. The molecule has 4 N–H and O–H groups in total. The second-order valence-corrected chi connectivity index (χ2v) is 10.7. The van der Waals surface area contributed by atoms with E-state index in [1.807, 2.05) is 0 Å². The average Bonchev–Trinajstić information content (AvgIpc) is 3.03. The summed E-state index contributed by atoms with van der Waals surface area (Å²) in [5.74, 6) is -2.52. The number of benzene rings is 2. The van der Waals surface area contributed by atoms with Gasteiger partial charge in [0.15, 0.2) is 11.6 Å². The van der Waals surface area contributed by atoms with Gasteiger partial charge in [0.05, 0.1) is 11.3 Å². The molecule has 0 saturated carbocycles. The van der Waals surface area contributed by atoms with E-state index in [0.29, 0.717) is 26.2 Å². The van der Waals surface area contributed by atoms with Crippen molar-refractivity contribution in [3.05, 3.63) is 111 Å². The van der Waals surface area contributed by atoms with Crippen molar-refractivity contribution in [3.63, 3.8) is 0 Å². The third kappa shape index (κ3) is 6.86. The first-order valence-corrected chi connectivity index (χ1v) is 14.4. The molecule has 0 bridgehead atoms. The fourth-order valence-electron chi connectivity index (χ4n) is 4.77. The number of nitrogen functional groups attached to an aromatic ring is 1. The molecule has 3 heterocycles. The van der Waals surface area contributed by atoms with E-state index >= 15 is 4.39 Å². The monoisotopic (exact) mass is 631 g/mol. The van der Waals surface area contributed by atoms with Crippen molar-refractivity contribution >= 4 is 29.4 Å². The molecule has 1 fully saturated rings. The minimum absolute atomic E-state index is 0.000795. The van der Waals surface area contributed by atoms with Crippen LogP contribution in [0.3, 0.4) is 0 Å². The molecule has 2 amide bonds. The van der Waals surface area contributed by atoms with Crippen LogP contribution < -0.4 is 32.4 Å². The number of carbonyl (C=O) groups is 2. The van der Waals surface area contributed by atoms with E-state index in [9.17, 15) is 23.6 Å². The number of pyridine rings is 1. The summed E-state index contributed by atoms with van der Waals surface area (Å²) in [6.07, 6.45) is 5.33. The first-order chi connectivity index (χ1) is 22.0. The molecule has 238 valence electrons. The summed E-state index contributed by atoms with van der Waals surface area (Å²) in [6, 6.07) is 9.35. The number of nitrogens with one attached hydrogen (secondary N) is 2. The van der Waals surface area contributed by atoms with E-state index in [0.717, 1.165) is 29.0 Å². The van der Waals surface area contributed by atoms with Gasteiger partial charge in [0.2, 0.25) is 5.91 Å². The number of rotatable bonds is 8. The highest BCUT2D eigenvalue weighted by Gasteiger charge is 2.21. The predicted octanol–water partition coefficient (Wildman–Crippen LogP) is 3.33. The van der Waals surface area contributed by atoms with E-state index in [1.54, 1.807) is 18.7 Å². The summed E-state index contributed by atoms with van der Waals surface area (Å²) < 4.78 is 36.5. The Bertz CT molecular complexity index is 1930. The van der Waals surface area contributed by atoms with E-state index in [2.05, 4.69) is 15.6 Å². The number of piperazine rings is 1. The number of anilines is 2. The zero-order valence-electron chi connectivity index (χ0n) is 25.0. The normalized spacial score (nSPS) is 13.3. The third-order valence-electron chi connectivity index (χ3n) is 7.21. The molecule has 2 aromatic carbocycles. The SMILES string of the molecule is CC(C)n1cc(C(=O)Nc2ccc(Oc3ccnc(N)c3C=CC(=O)N3CCNCC3)c(F)c2)c(=O)n(-c2ccc(F)cc2)c1=O. The van der Waals surface area contributed by atoms with Crippen molar-refractivity contribution in [2.75, 3.05) is 37.2 Å². The van der Waals surface area contributed by atoms with Gasteiger partial charge in [0.1, 0.15) is 22.9 Å². The maximum Gasteiger partial charge on any atom is 0.335 e. The number of halogens is 2. The van der Waals surface area contributed by atoms with E-state index in [1.165, 1.54) is 53.2 Å². The van der Waals surface area contributed by atoms with E-state index in [4.69, 9.17) is 10.5 Å². The van der Waals surface area contributed by atoms with Crippen LogP contribution in [0.4, 0.5) is 20.3 Å². The zero-order chi connectivity index (χ0) is 33.0. The van der Waals surface area contributed by atoms with Crippen molar-refractivity contribution in [2.24, 2.45) is 0 Å². The first kappa shape index (κ1) is 31.8. The molecule has 1 aliphatic heterocycles. The van der Waals surface area contributed by atoms with Crippen molar-refractivity contribution in [1.82, 2.24) is 24.3 Å². The Kier molecular flexibility index (Phi) is 9.37. The molecular formula is C32H31F2N7O5. The smallest absolute Gasteiger partial charge is 0.335 e. The highest BCUT2D eigenvalue weighted by Crippen LogP contribution is 2.32. The second-order valence-electron chi connectivity index (χ2n) is 10.7. The largest absolute Gasteiger partial charge is 0.453 e. The van der Waals surface area contributed by atoms with Crippen LogP contribution in [0.5, 0.6) is 11.5 Å². The molecule has 0 radical (unpaired) electrons. The van der Waals surface area contributed by atoms with Crippen LogP contribution in [0, 0.1) is 11.6 Å².